The van der Waals surface area contributed by atoms with E-state index in [0.717, 1.165) is 41.0 Å². The van der Waals surface area contributed by atoms with E-state index in [9.17, 15) is 22.8 Å². The molecule has 9 nitrogen and oxygen atoms in total. The van der Waals surface area contributed by atoms with Crippen LogP contribution in [0.5, 0.6) is 0 Å². The van der Waals surface area contributed by atoms with Crippen molar-refractivity contribution in [3.05, 3.63) is 64.8 Å². The molecule has 3 aromatic rings. The number of likely N-dealkylation sites (tertiary alicyclic amines) is 1. The molecule has 0 spiro atoms. The Morgan fingerprint density at radius 1 is 1.07 bits per heavy atom. The highest BCUT2D eigenvalue weighted by Gasteiger charge is 2.27. The van der Waals surface area contributed by atoms with Crippen LogP contribution in [0.3, 0.4) is 0 Å². The number of hydrogen-bond acceptors (Lipinski definition) is 7. The third-order valence-corrected chi connectivity index (χ3v) is 6.96. The van der Waals surface area contributed by atoms with Crippen LogP contribution in [0.1, 0.15) is 30.9 Å². The fourth-order valence-corrected chi connectivity index (χ4v) is 4.69. The summed E-state index contributed by atoms with van der Waals surface area (Å²) in [6.45, 7) is 2.81. The topological polar surface area (TPSA) is 116 Å². The van der Waals surface area contributed by atoms with E-state index in [1.165, 1.54) is 0 Å². The molecule has 6 bridgehead atoms. The van der Waals surface area contributed by atoms with Gasteiger partial charge in [-0.15, -0.1) is 0 Å². The Bertz CT molecular complexity index is 1430. The summed E-state index contributed by atoms with van der Waals surface area (Å²) < 4.78 is 31.2. The first kappa shape index (κ1) is 29.8. The quantitative estimate of drug-likeness (QED) is 0.331. The second-order valence-electron chi connectivity index (χ2n) is 9.64. The lowest BCUT2D eigenvalue weighted by molar-refractivity contribution is -0.156. The van der Waals surface area contributed by atoms with E-state index >= 15 is 0 Å². The number of aromatic nitrogens is 2. The Morgan fingerprint density at radius 2 is 1.78 bits per heavy atom. The molecule has 0 atom stereocenters. The van der Waals surface area contributed by atoms with Gasteiger partial charge in [-0.3, -0.25) is 14.4 Å². The monoisotopic (exact) mass is 588 g/mol. The number of carbonyl (C=O) groups is 3. The molecule has 2 aromatic carbocycles. The number of carbonyl (C=O) groups excluding carboxylic acids is 3. The van der Waals surface area contributed by atoms with Crippen molar-refractivity contribution in [1.82, 2.24) is 14.9 Å². The van der Waals surface area contributed by atoms with Crippen LogP contribution in [0.4, 0.5) is 42.0 Å². The number of amides is 2. The smallest absolute Gasteiger partial charge is 0.343 e. The maximum absolute atomic E-state index is 13.1. The van der Waals surface area contributed by atoms with Crippen LogP contribution >= 0.6 is 11.6 Å². The summed E-state index contributed by atoms with van der Waals surface area (Å²) in [5, 5.41) is 10.1. The molecule has 5 rings (SSSR count). The average Bonchev–Trinajstić information content (AvgIpc) is 2.95. The molecular weight excluding hydrogens is 561 g/mol. The summed E-state index contributed by atoms with van der Waals surface area (Å²) in [4.78, 5) is 44.0. The van der Waals surface area contributed by atoms with Gasteiger partial charge in [0.2, 0.25) is 24.0 Å². The van der Waals surface area contributed by atoms with Gasteiger partial charge in [-0.25, -0.2) is 4.98 Å². The number of aldehydes is 1. The summed E-state index contributed by atoms with van der Waals surface area (Å²) in [6, 6.07) is 14.0. The van der Waals surface area contributed by atoms with Crippen LogP contribution in [-0.4, -0.2) is 52.2 Å². The first-order valence-corrected chi connectivity index (χ1v) is 13.3. The van der Waals surface area contributed by atoms with Crippen LogP contribution in [0.15, 0.2) is 48.7 Å². The molecular formula is C28H28ClF3N6O3. The Labute approximate surface area is 239 Å². The zero-order chi connectivity index (χ0) is 29.6. The number of piperidine rings is 1. The number of alkyl halides is 3. The van der Waals surface area contributed by atoms with Crippen LogP contribution in [0.2, 0.25) is 5.02 Å². The lowest BCUT2D eigenvalue weighted by Crippen LogP contribution is -2.40. The lowest BCUT2D eigenvalue weighted by atomic mass is 9.95. The predicted molar refractivity (Wildman–Crippen MR) is 150 cm³/mol. The van der Waals surface area contributed by atoms with E-state index in [-0.39, 0.29) is 17.7 Å². The molecule has 0 radical (unpaired) electrons. The van der Waals surface area contributed by atoms with Crippen molar-refractivity contribution in [2.45, 2.75) is 38.8 Å². The number of aryl methyl sites for hydroxylation is 2. The number of fused-ring (bicyclic) bond motifs is 6. The maximum Gasteiger partial charge on any atom is 0.446 e. The number of nitrogens with zero attached hydrogens (tertiary/aromatic N) is 3. The summed E-state index contributed by atoms with van der Waals surface area (Å²) in [7, 11) is 0. The normalized spacial score (nSPS) is 14.9. The van der Waals surface area contributed by atoms with Crippen molar-refractivity contribution in [2.75, 3.05) is 29.0 Å². The van der Waals surface area contributed by atoms with Gasteiger partial charge in [-0.1, -0.05) is 23.7 Å². The standard InChI is InChI=1S/C26H27ClN6O2.C2HF3O/c1-16(34)33-11-9-18(10-12-33)25(35)31-23-8-7-21-14-19(23)6-5-17-3-2-4-20(13-17)30-26-28-15-22(27)24(29-21)32-26;3-2(4,5)1-6/h2-4,7-8,13-15,18H,5-6,9-12H2,1H3,(H,31,35)(H2,28,29,30,32);1H. The van der Waals surface area contributed by atoms with E-state index in [2.05, 4.69) is 38.1 Å². The fraction of sp³-hybridized carbons (Fsp3) is 0.321. The van der Waals surface area contributed by atoms with Gasteiger partial charge in [0.1, 0.15) is 5.02 Å². The zero-order valence-electron chi connectivity index (χ0n) is 22.1. The van der Waals surface area contributed by atoms with Crippen molar-refractivity contribution in [3.8, 4) is 0 Å². The van der Waals surface area contributed by atoms with Crippen LogP contribution in [0, 0.1) is 5.92 Å². The summed E-state index contributed by atoms with van der Waals surface area (Å²) in [5.74, 6) is 0.912. The summed E-state index contributed by atoms with van der Waals surface area (Å²) >= 11 is 6.35. The summed E-state index contributed by atoms with van der Waals surface area (Å²) in [6.07, 6.45) is -1.24. The molecule has 2 aliphatic rings. The second-order valence-corrected chi connectivity index (χ2v) is 10.0. The highest BCUT2D eigenvalue weighted by atomic mass is 35.5. The molecule has 3 N–H and O–H groups in total. The molecule has 41 heavy (non-hydrogen) atoms. The van der Waals surface area contributed by atoms with Gasteiger partial charge in [0.15, 0.2) is 5.82 Å². The van der Waals surface area contributed by atoms with Crippen molar-refractivity contribution in [3.63, 3.8) is 0 Å². The second kappa shape index (κ2) is 13.0. The molecule has 13 heteroatoms. The van der Waals surface area contributed by atoms with Crippen molar-refractivity contribution >= 4 is 58.5 Å². The minimum Gasteiger partial charge on any atom is -0.343 e. The average molecular weight is 589 g/mol. The van der Waals surface area contributed by atoms with Crippen LogP contribution in [0.25, 0.3) is 0 Å². The molecule has 1 aromatic heterocycles. The molecule has 2 amide bonds. The summed E-state index contributed by atoms with van der Waals surface area (Å²) in [5.41, 5.74) is 4.70. The van der Waals surface area contributed by atoms with Crippen LogP contribution in [-0.2, 0) is 27.2 Å². The Balaban J connectivity index is 0.000000585. The minimum atomic E-state index is -4.64. The predicted octanol–water partition coefficient (Wildman–Crippen LogP) is 5.66. The molecule has 2 aliphatic heterocycles. The third-order valence-electron chi connectivity index (χ3n) is 6.68. The Kier molecular flexibility index (Phi) is 9.43. The molecule has 1 fully saturated rings. The first-order chi connectivity index (χ1) is 19.5. The van der Waals surface area contributed by atoms with E-state index in [1.54, 1.807) is 18.0 Å². The largest absolute Gasteiger partial charge is 0.446 e. The number of anilines is 5. The van der Waals surface area contributed by atoms with Gasteiger partial charge >= 0.3 is 6.18 Å². The number of benzene rings is 2. The maximum atomic E-state index is 13.1. The number of hydrogen-bond donors (Lipinski definition) is 3. The van der Waals surface area contributed by atoms with Gasteiger partial charge in [-0.05, 0) is 67.1 Å². The highest BCUT2D eigenvalue weighted by molar-refractivity contribution is 6.32. The molecule has 3 heterocycles. The van der Waals surface area contributed by atoms with E-state index in [4.69, 9.17) is 16.4 Å². The third kappa shape index (κ3) is 8.40. The van der Waals surface area contributed by atoms with Gasteiger partial charge in [-0.2, -0.15) is 18.2 Å². The molecule has 0 unspecified atom stereocenters. The first-order valence-electron chi connectivity index (χ1n) is 12.9. The van der Waals surface area contributed by atoms with E-state index < -0.39 is 12.5 Å². The van der Waals surface area contributed by atoms with Gasteiger partial charge in [0, 0.05) is 43.0 Å². The number of nitrogens with one attached hydrogen (secondary N) is 3. The number of halogens is 4. The molecule has 1 saturated heterocycles. The van der Waals surface area contributed by atoms with Gasteiger partial charge < -0.3 is 20.9 Å². The minimum absolute atomic E-state index is 0.00256. The van der Waals surface area contributed by atoms with Crippen molar-refractivity contribution < 1.29 is 27.6 Å². The molecule has 0 saturated carbocycles. The zero-order valence-corrected chi connectivity index (χ0v) is 22.9. The SMILES string of the molecule is CC(=O)N1CCC(C(=O)Nc2ccc3cc2CCc2cccc(c2)Nc2ncc(Cl)c(n2)N3)CC1.O=CC(F)(F)F. The van der Waals surface area contributed by atoms with Crippen LogP contribution < -0.4 is 16.0 Å². The van der Waals surface area contributed by atoms with Crippen molar-refractivity contribution in [1.29, 1.82) is 0 Å². The molecule has 0 aliphatic carbocycles. The van der Waals surface area contributed by atoms with E-state index in [1.807, 2.05) is 30.3 Å². The number of rotatable bonds is 2. The van der Waals surface area contributed by atoms with Gasteiger partial charge in [0.05, 0.1) is 6.20 Å². The Hall–Kier alpha value is -4.19. The molecule has 216 valence electrons. The Morgan fingerprint density at radius 3 is 2.46 bits per heavy atom. The highest BCUT2D eigenvalue weighted by Crippen LogP contribution is 2.30. The van der Waals surface area contributed by atoms with Gasteiger partial charge in [0.25, 0.3) is 0 Å². The van der Waals surface area contributed by atoms with E-state index in [0.29, 0.717) is 42.7 Å². The lowest BCUT2D eigenvalue weighted by Gasteiger charge is -2.30. The van der Waals surface area contributed by atoms with Crippen molar-refractivity contribution in [2.24, 2.45) is 5.92 Å². The fourth-order valence-electron chi connectivity index (χ4n) is 4.56.